The lowest BCUT2D eigenvalue weighted by atomic mass is 9.78. The zero-order chi connectivity index (χ0) is 11.9. The summed E-state index contributed by atoms with van der Waals surface area (Å²) in [5.41, 5.74) is 0.581. The maximum absolute atomic E-state index is 9.96. The van der Waals surface area contributed by atoms with Gasteiger partial charge in [0, 0.05) is 12.0 Å². The number of ether oxygens (including phenoxy) is 1. The minimum absolute atomic E-state index is 0.362. The van der Waals surface area contributed by atoms with Crippen molar-refractivity contribution in [1.29, 1.82) is 0 Å². The van der Waals surface area contributed by atoms with E-state index in [2.05, 4.69) is 0 Å². The first-order chi connectivity index (χ1) is 7.39. The van der Waals surface area contributed by atoms with Gasteiger partial charge in [0.05, 0.1) is 6.10 Å². The van der Waals surface area contributed by atoms with Crippen LogP contribution in [0.4, 0.5) is 0 Å². The summed E-state index contributed by atoms with van der Waals surface area (Å²) in [4.78, 5) is 0. The fraction of sp³-hybridized carbons (Fsp3) is 0.455. The highest BCUT2D eigenvalue weighted by atomic mass is 16.5. The highest BCUT2D eigenvalue weighted by molar-refractivity contribution is 6.58. The number of fused-ring (bicyclic) bond motifs is 1. The highest BCUT2D eigenvalue weighted by Gasteiger charge is 2.33. The summed E-state index contributed by atoms with van der Waals surface area (Å²) in [6, 6.07) is 4.81. The van der Waals surface area contributed by atoms with Gasteiger partial charge in [-0.1, -0.05) is 12.1 Å². The first-order valence-corrected chi connectivity index (χ1v) is 5.26. The van der Waals surface area contributed by atoms with E-state index in [1.165, 1.54) is 0 Å². The van der Waals surface area contributed by atoms with Gasteiger partial charge >= 0.3 is 7.12 Å². The van der Waals surface area contributed by atoms with E-state index in [1.807, 2.05) is 13.8 Å². The smallest absolute Gasteiger partial charge is 0.487 e. The predicted octanol–water partition coefficient (Wildman–Crippen LogP) is -0.0391. The first-order valence-electron chi connectivity index (χ1n) is 5.26. The summed E-state index contributed by atoms with van der Waals surface area (Å²) in [6.45, 7) is 3.82. The van der Waals surface area contributed by atoms with Gasteiger partial charge in [0.25, 0.3) is 0 Å². The fourth-order valence-electron chi connectivity index (χ4n) is 2.00. The highest BCUT2D eigenvalue weighted by Crippen LogP contribution is 2.38. The van der Waals surface area contributed by atoms with E-state index < -0.39 is 18.8 Å². The summed E-state index contributed by atoms with van der Waals surface area (Å²) >= 11 is 0. The van der Waals surface area contributed by atoms with Crippen LogP contribution in [0, 0.1) is 0 Å². The minimum Gasteiger partial charge on any atom is -0.487 e. The standard InChI is InChI=1S/C11H15BO4/c1-11(2)6-9(13)8-5-7(12(14)15)3-4-10(8)16-11/h3-5,9,13-15H,6H2,1-2H3. The van der Waals surface area contributed by atoms with Gasteiger partial charge in [0.2, 0.25) is 0 Å². The topological polar surface area (TPSA) is 69.9 Å². The van der Waals surface area contributed by atoms with Crippen molar-refractivity contribution in [3.63, 3.8) is 0 Å². The van der Waals surface area contributed by atoms with E-state index in [4.69, 9.17) is 14.8 Å². The van der Waals surface area contributed by atoms with Crippen molar-refractivity contribution in [2.75, 3.05) is 0 Å². The molecule has 1 aliphatic rings. The van der Waals surface area contributed by atoms with Crippen LogP contribution in [0.15, 0.2) is 18.2 Å². The van der Waals surface area contributed by atoms with Crippen LogP contribution in [-0.2, 0) is 0 Å². The maximum Gasteiger partial charge on any atom is 0.488 e. The largest absolute Gasteiger partial charge is 0.488 e. The molecule has 1 atom stereocenters. The van der Waals surface area contributed by atoms with Crippen molar-refractivity contribution in [3.05, 3.63) is 23.8 Å². The Morgan fingerprint density at radius 3 is 2.69 bits per heavy atom. The minimum atomic E-state index is -1.52. The van der Waals surface area contributed by atoms with Gasteiger partial charge in [-0.25, -0.2) is 0 Å². The molecule has 1 aromatic rings. The van der Waals surface area contributed by atoms with Gasteiger partial charge < -0.3 is 19.9 Å². The van der Waals surface area contributed by atoms with Crippen LogP contribution in [0.2, 0.25) is 0 Å². The number of rotatable bonds is 1. The Kier molecular flexibility index (Phi) is 2.70. The molecule has 2 rings (SSSR count). The molecule has 0 amide bonds. The van der Waals surface area contributed by atoms with E-state index in [1.54, 1.807) is 18.2 Å². The monoisotopic (exact) mass is 222 g/mol. The predicted molar refractivity (Wildman–Crippen MR) is 60.6 cm³/mol. The number of benzene rings is 1. The fourth-order valence-corrected chi connectivity index (χ4v) is 2.00. The average Bonchev–Trinajstić information content (AvgIpc) is 2.15. The van der Waals surface area contributed by atoms with E-state index >= 15 is 0 Å². The van der Waals surface area contributed by atoms with E-state index in [0.29, 0.717) is 23.2 Å². The Labute approximate surface area is 94.6 Å². The Bertz CT molecular complexity index is 403. The molecule has 0 radical (unpaired) electrons. The molecule has 5 heteroatoms. The molecule has 0 aromatic heterocycles. The lowest BCUT2D eigenvalue weighted by Gasteiger charge is -2.35. The molecular weight excluding hydrogens is 207 g/mol. The number of hydrogen-bond acceptors (Lipinski definition) is 4. The molecule has 1 heterocycles. The van der Waals surface area contributed by atoms with Crippen molar-refractivity contribution in [1.82, 2.24) is 0 Å². The van der Waals surface area contributed by atoms with Gasteiger partial charge in [-0.05, 0) is 25.4 Å². The molecule has 16 heavy (non-hydrogen) atoms. The quantitative estimate of drug-likeness (QED) is 0.583. The summed E-state index contributed by atoms with van der Waals surface area (Å²) in [7, 11) is -1.52. The zero-order valence-corrected chi connectivity index (χ0v) is 9.34. The molecule has 3 N–H and O–H groups in total. The summed E-state index contributed by atoms with van der Waals surface area (Å²) in [5, 5.41) is 28.1. The van der Waals surface area contributed by atoms with Crippen LogP contribution in [0.3, 0.4) is 0 Å². The molecule has 86 valence electrons. The van der Waals surface area contributed by atoms with Gasteiger partial charge in [-0.2, -0.15) is 0 Å². The average molecular weight is 222 g/mol. The second-order valence-electron chi connectivity index (χ2n) is 4.75. The van der Waals surface area contributed by atoms with Crippen LogP contribution in [0.25, 0.3) is 0 Å². The molecule has 1 unspecified atom stereocenters. The molecule has 0 saturated heterocycles. The van der Waals surface area contributed by atoms with Gasteiger partial charge in [-0.3, -0.25) is 0 Å². The van der Waals surface area contributed by atoms with Crippen molar-refractivity contribution in [2.45, 2.75) is 32.0 Å². The third kappa shape index (κ3) is 2.07. The Morgan fingerprint density at radius 2 is 2.06 bits per heavy atom. The van der Waals surface area contributed by atoms with Gasteiger partial charge in [-0.15, -0.1) is 0 Å². The first kappa shape index (κ1) is 11.5. The van der Waals surface area contributed by atoms with Crippen LogP contribution >= 0.6 is 0 Å². The van der Waals surface area contributed by atoms with Crippen molar-refractivity contribution in [3.8, 4) is 5.75 Å². The zero-order valence-electron chi connectivity index (χ0n) is 9.34. The molecule has 0 spiro atoms. The Morgan fingerprint density at radius 1 is 1.38 bits per heavy atom. The van der Waals surface area contributed by atoms with Crippen LogP contribution in [0.1, 0.15) is 31.9 Å². The molecule has 0 bridgehead atoms. The summed E-state index contributed by atoms with van der Waals surface area (Å²) in [5.74, 6) is 0.605. The molecule has 1 aromatic carbocycles. The van der Waals surface area contributed by atoms with Crippen molar-refractivity contribution >= 4 is 12.6 Å². The Balaban J connectivity index is 2.41. The third-order valence-electron chi connectivity index (χ3n) is 2.76. The molecule has 4 nitrogen and oxygen atoms in total. The second kappa shape index (κ2) is 3.77. The number of hydrogen-bond donors (Lipinski definition) is 3. The van der Waals surface area contributed by atoms with Crippen LogP contribution in [-0.4, -0.2) is 27.9 Å². The molecule has 0 aliphatic carbocycles. The van der Waals surface area contributed by atoms with Crippen LogP contribution < -0.4 is 10.2 Å². The second-order valence-corrected chi connectivity index (χ2v) is 4.75. The van der Waals surface area contributed by atoms with Crippen LogP contribution in [0.5, 0.6) is 5.75 Å². The number of aliphatic hydroxyl groups excluding tert-OH is 1. The van der Waals surface area contributed by atoms with E-state index in [0.717, 1.165) is 0 Å². The summed E-state index contributed by atoms with van der Waals surface area (Å²) < 4.78 is 5.70. The molecule has 1 aliphatic heterocycles. The normalized spacial score (nSPS) is 22.2. The third-order valence-corrected chi connectivity index (χ3v) is 2.76. The summed E-state index contributed by atoms with van der Waals surface area (Å²) in [6.07, 6.45) is -0.136. The number of aliphatic hydroxyl groups is 1. The lowest BCUT2D eigenvalue weighted by molar-refractivity contribution is 0.0116. The van der Waals surface area contributed by atoms with Gasteiger partial charge in [0.15, 0.2) is 0 Å². The maximum atomic E-state index is 9.96. The van der Waals surface area contributed by atoms with Crippen molar-refractivity contribution in [2.24, 2.45) is 0 Å². The van der Waals surface area contributed by atoms with E-state index in [-0.39, 0.29) is 0 Å². The van der Waals surface area contributed by atoms with Crippen molar-refractivity contribution < 1.29 is 19.9 Å². The molecular formula is C11H15BO4. The van der Waals surface area contributed by atoms with Gasteiger partial charge in [0.1, 0.15) is 11.4 Å². The molecule has 0 fully saturated rings. The SMILES string of the molecule is CC1(C)CC(O)c2cc(B(O)O)ccc2O1. The lowest BCUT2D eigenvalue weighted by Crippen LogP contribution is -2.37. The van der Waals surface area contributed by atoms with E-state index in [9.17, 15) is 5.11 Å². The molecule has 0 saturated carbocycles. The Hall–Kier alpha value is -1.04.